The molecule has 0 unspecified atom stereocenters. The predicted molar refractivity (Wildman–Crippen MR) is 117 cm³/mol. The van der Waals surface area contributed by atoms with E-state index in [2.05, 4.69) is 10.0 Å². The summed E-state index contributed by atoms with van der Waals surface area (Å²) in [5.41, 5.74) is 2.12. The molecule has 0 fully saturated rings. The number of amides is 1. The van der Waals surface area contributed by atoms with Crippen LogP contribution in [0.25, 0.3) is 0 Å². The van der Waals surface area contributed by atoms with Crippen LogP contribution in [-0.4, -0.2) is 14.3 Å². The van der Waals surface area contributed by atoms with Gasteiger partial charge in [0.05, 0.1) is 16.5 Å². The van der Waals surface area contributed by atoms with E-state index in [9.17, 15) is 17.6 Å². The SMILES string of the molecule is Cc1cc(F)ccc1NC(=O)Cc1ccc(NS(=O)(=O)c2c(Cl)cccc2Cl)cc1. The summed E-state index contributed by atoms with van der Waals surface area (Å²) >= 11 is 12.0. The number of carbonyl (C=O) groups is 1. The number of rotatable bonds is 6. The third kappa shape index (κ3) is 5.30. The number of nitrogens with one attached hydrogen (secondary N) is 2. The van der Waals surface area contributed by atoms with E-state index >= 15 is 0 Å². The monoisotopic (exact) mass is 466 g/mol. The minimum absolute atomic E-state index is 0.0133. The van der Waals surface area contributed by atoms with Gasteiger partial charge in [0.1, 0.15) is 10.7 Å². The van der Waals surface area contributed by atoms with Crippen LogP contribution in [0.4, 0.5) is 15.8 Å². The van der Waals surface area contributed by atoms with Crippen molar-refractivity contribution in [3.8, 4) is 0 Å². The van der Waals surface area contributed by atoms with E-state index in [0.29, 0.717) is 22.5 Å². The second kappa shape index (κ2) is 9.04. The van der Waals surface area contributed by atoms with Crippen LogP contribution >= 0.6 is 23.2 Å². The molecule has 3 aromatic carbocycles. The van der Waals surface area contributed by atoms with Gasteiger partial charge in [-0.2, -0.15) is 0 Å². The van der Waals surface area contributed by atoms with Gasteiger partial charge in [-0.1, -0.05) is 41.4 Å². The fourth-order valence-electron chi connectivity index (χ4n) is 2.78. The normalized spacial score (nSPS) is 11.2. The second-order valence-electron chi connectivity index (χ2n) is 6.54. The summed E-state index contributed by atoms with van der Waals surface area (Å²) in [5.74, 6) is -0.650. The van der Waals surface area contributed by atoms with E-state index in [1.54, 1.807) is 25.1 Å². The summed E-state index contributed by atoms with van der Waals surface area (Å²) in [6.07, 6.45) is 0.0696. The molecule has 2 N–H and O–H groups in total. The van der Waals surface area contributed by atoms with Crippen LogP contribution in [-0.2, 0) is 21.2 Å². The van der Waals surface area contributed by atoms with Crippen molar-refractivity contribution < 1.29 is 17.6 Å². The maximum absolute atomic E-state index is 13.2. The van der Waals surface area contributed by atoms with Crippen molar-refractivity contribution in [2.75, 3.05) is 10.0 Å². The van der Waals surface area contributed by atoms with Crippen LogP contribution in [0, 0.1) is 12.7 Å². The van der Waals surface area contributed by atoms with Gasteiger partial charge < -0.3 is 5.32 Å². The first-order valence-electron chi connectivity index (χ1n) is 8.77. The van der Waals surface area contributed by atoms with Gasteiger partial charge in [-0.15, -0.1) is 0 Å². The van der Waals surface area contributed by atoms with E-state index in [4.69, 9.17) is 23.2 Å². The number of benzene rings is 3. The van der Waals surface area contributed by atoms with E-state index in [-0.39, 0.29) is 33.1 Å². The Morgan fingerprint density at radius 2 is 1.63 bits per heavy atom. The molecule has 0 aliphatic heterocycles. The van der Waals surface area contributed by atoms with Crippen molar-refractivity contribution in [1.29, 1.82) is 0 Å². The van der Waals surface area contributed by atoms with Crippen molar-refractivity contribution in [3.05, 3.63) is 87.7 Å². The zero-order chi connectivity index (χ0) is 21.9. The molecular formula is C21H17Cl2FN2O3S. The highest BCUT2D eigenvalue weighted by Gasteiger charge is 2.21. The number of carbonyl (C=O) groups excluding carboxylic acids is 1. The molecule has 3 aromatic rings. The molecule has 0 saturated heterocycles. The number of aryl methyl sites for hydroxylation is 1. The highest BCUT2D eigenvalue weighted by atomic mass is 35.5. The summed E-state index contributed by atoms with van der Waals surface area (Å²) in [4.78, 5) is 12.0. The minimum atomic E-state index is -3.98. The Kier molecular flexibility index (Phi) is 6.65. The van der Waals surface area contributed by atoms with Gasteiger partial charge in [-0.3, -0.25) is 9.52 Å². The summed E-state index contributed by atoms with van der Waals surface area (Å²) in [7, 11) is -3.98. The summed E-state index contributed by atoms with van der Waals surface area (Å²) in [5, 5.41) is 2.75. The maximum atomic E-state index is 13.2. The van der Waals surface area contributed by atoms with Crippen molar-refractivity contribution in [2.45, 2.75) is 18.2 Å². The topological polar surface area (TPSA) is 75.3 Å². The zero-order valence-electron chi connectivity index (χ0n) is 15.7. The minimum Gasteiger partial charge on any atom is -0.326 e. The van der Waals surface area contributed by atoms with Gasteiger partial charge in [0.2, 0.25) is 5.91 Å². The van der Waals surface area contributed by atoms with Gasteiger partial charge in [-0.05, 0) is 60.5 Å². The molecule has 0 radical (unpaired) electrons. The van der Waals surface area contributed by atoms with Gasteiger partial charge in [0.25, 0.3) is 10.0 Å². The number of sulfonamides is 1. The van der Waals surface area contributed by atoms with Gasteiger partial charge in [0.15, 0.2) is 0 Å². The van der Waals surface area contributed by atoms with Crippen LogP contribution in [0.3, 0.4) is 0 Å². The first kappa shape index (κ1) is 22.1. The standard InChI is InChI=1S/C21H17Cl2FN2O3S/c1-13-11-15(24)7-10-19(13)25-20(27)12-14-5-8-16(9-6-14)26-30(28,29)21-17(22)3-2-4-18(21)23/h2-11,26H,12H2,1H3,(H,25,27). The number of anilines is 2. The molecule has 0 heterocycles. The summed E-state index contributed by atoms with van der Waals surface area (Å²) in [6.45, 7) is 1.70. The van der Waals surface area contributed by atoms with E-state index in [1.807, 2.05) is 0 Å². The maximum Gasteiger partial charge on any atom is 0.264 e. The lowest BCUT2D eigenvalue weighted by atomic mass is 10.1. The highest BCUT2D eigenvalue weighted by Crippen LogP contribution is 2.30. The molecule has 30 heavy (non-hydrogen) atoms. The zero-order valence-corrected chi connectivity index (χ0v) is 18.1. The quantitative estimate of drug-likeness (QED) is 0.508. The first-order valence-corrected chi connectivity index (χ1v) is 11.0. The molecule has 156 valence electrons. The van der Waals surface area contributed by atoms with Crippen molar-refractivity contribution in [1.82, 2.24) is 0 Å². The lowest BCUT2D eigenvalue weighted by molar-refractivity contribution is -0.115. The summed E-state index contributed by atoms with van der Waals surface area (Å²) < 4.78 is 40.8. The molecule has 0 aliphatic carbocycles. The Balaban J connectivity index is 1.68. The average molecular weight is 467 g/mol. The Hall–Kier alpha value is -2.61. The van der Waals surface area contributed by atoms with Crippen molar-refractivity contribution >= 4 is 50.5 Å². The fraction of sp³-hybridized carbons (Fsp3) is 0.0952. The van der Waals surface area contributed by atoms with Crippen LogP contribution < -0.4 is 10.0 Å². The van der Waals surface area contributed by atoms with E-state index in [1.165, 1.54) is 42.5 Å². The van der Waals surface area contributed by atoms with E-state index in [0.717, 1.165) is 0 Å². The Bertz CT molecular complexity index is 1180. The third-order valence-electron chi connectivity index (χ3n) is 4.22. The van der Waals surface area contributed by atoms with Gasteiger partial charge in [-0.25, -0.2) is 12.8 Å². The molecule has 0 aliphatic rings. The fourth-order valence-corrected chi connectivity index (χ4v) is 4.99. The lowest BCUT2D eigenvalue weighted by Gasteiger charge is -2.12. The van der Waals surface area contributed by atoms with Crippen molar-refractivity contribution in [3.63, 3.8) is 0 Å². The Morgan fingerprint density at radius 3 is 2.23 bits per heavy atom. The molecule has 0 aromatic heterocycles. The largest absolute Gasteiger partial charge is 0.326 e. The first-order chi connectivity index (χ1) is 14.2. The van der Waals surface area contributed by atoms with Crippen LogP contribution in [0.2, 0.25) is 10.0 Å². The second-order valence-corrected chi connectivity index (χ2v) is 8.97. The van der Waals surface area contributed by atoms with Crippen LogP contribution in [0.1, 0.15) is 11.1 Å². The molecule has 9 heteroatoms. The molecular weight excluding hydrogens is 450 g/mol. The Labute approximate surface area is 183 Å². The molecule has 0 saturated carbocycles. The average Bonchev–Trinajstić information content (AvgIpc) is 2.65. The highest BCUT2D eigenvalue weighted by molar-refractivity contribution is 7.93. The third-order valence-corrected chi connectivity index (χ3v) is 6.56. The summed E-state index contributed by atoms with van der Waals surface area (Å²) in [6, 6.07) is 14.9. The molecule has 0 bridgehead atoms. The molecule has 0 atom stereocenters. The van der Waals surface area contributed by atoms with Gasteiger partial charge in [0, 0.05) is 11.4 Å². The Morgan fingerprint density at radius 1 is 1.00 bits per heavy atom. The lowest BCUT2D eigenvalue weighted by Crippen LogP contribution is -2.16. The number of hydrogen-bond acceptors (Lipinski definition) is 3. The molecule has 3 rings (SSSR count). The van der Waals surface area contributed by atoms with E-state index < -0.39 is 10.0 Å². The van der Waals surface area contributed by atoms with Crippen LogP contribution in [0.5, 0.6) is 0 Å². The molecule has 0 spiro atoms. The van der Waals surface area contributed by atoms with Crippen LogP contribution in [0.15, 0.2) is 65.6 Å². The number of hydrogen-bond donors (Lipinski definition) is 2. The predicted octanol–water partition coefficient (Wildman–Crippen LogP) is 5.42. The van der Waals surface area contributed by atoms with Gasteiger partial charge >= 0.3 is 0 Å². The molecule has 5 nitrogen and oxygen atoms in total. The molecule has 1 amide bonds. The smallest absolute Gasteiger partial charge is 0.264 e. The number of halogens is 3. The van der Waals surface area contributed by atoms with Crippen molar-refractivity contribution in [2.24, 2.45) is 0 Å².